The van der Waals surface area contributed by atoms with Gasteiger partial charge >= 0.3 is 0 Å². The maximum Gasteiger partial charge on any atom is 0.257 e. The van der Waals surface area contributed by atoms with E-state index in [0.29, 0.717) is 10.6 Å². The Labute approximate surface area is 118 Å². The van der Waals surface area contributed by atoms with Crippen molar-refractivity contribution in [2.75, 3.05) is 27.2 Å². The monoisotopic (exact) mass is 282 g/mol. The van der Waals surface area contributed by atoms with E-state index in [2.05, 4.69) is 11.9 Å². The Morgan fingerprint density at radius 3 is 2.89 bits per heavy atom. The summed E-state index contributed by atoms with van der Waals surface area (Å²) in [6.07, 6.45) is 2.09. The first kappa shape index (κ1) is 14.2. The van der Waals surface area contributed by atoms with Gasteiger partial charge in [0.25, 0.3) is 5.91 Å². The normalized spacial score (nSPS) is 20.3. The Balaban J connectivity index is 2.14. The van der Waals surface area contributed by atoms with Gasteiger partial charge in [-0.25, -0.2) is 0 Å². The van der Waals surface area contributed by atoms with Crippen LogP contribution in [0.25, 0.3) is 0 Å². The number of carbonyl (C=O) groups excluding carboxylic acids is 1. The molecule has 1 fully saturated rings. The summed E-state index contributed by atoms with van der Waals surface area (Å²) in [5.41, 5.74) is 0.306. The molecule has 0 bridgehead atoms. The average Bonchev–Trinajstić information content (AvgIpc) is 2.37. The molecule has 1 amide bonds. The molecule has 0 aromatic heterocycles. The number of halogens is 1. The van der Waals surface area contributed by atoms with Crippen molar-refractivity contribution in [3.63, 3.8) is 0 Å². The molecule has 1 atom stereocenters. The molecule has 2 rings (SSSR count). The van der Waals surface area contributed by atoms with Crippen LogP contribution in [0.1, 0.15) is 23.2 Å². The molecule has 1 heterocycles. The minimum absolute atomic E-state index is 0.0616. The van der Waals surface area contributed by atoms with Gasteiger partial charge in [-0.1, -0.05) is 11.6 Å². The van der Waals surface area contributed by atoms with Crippen LogP contribution < -0.4 is 0 Å². The Morgan fingerprint density at radius 2 is 2.26 bits per heavy atom. The molecule has 104 valence electrons. The van der Waals surface area contributed by atoms with Crippen LogP contribution in [0.3, 0.4) is 0 Å². The van der Waals surface area contributed by atoms with Crippen LogP contribution in [0.4, 0.5) is 0 Å². The van der Waals surface area contributed by atoms with Gasteiger partial charge in [0.1, 0.15) is 5.75 Å². The summed E-state index contributed by atoms with van der Waals surface area (Å²) in [6.45, 7) is 1.95. The summed E-state index contributed by atoms with van der Waals surface area (Å²) in [5, 5.41) is 10.2. The molecule has 1 unspecified atom stereocenters. The van der Waals surface area contributed by atoms with Gasteiger partial charge < -0.3 is 14.9 Å². The molecule has 1 N–H and O–H groups in total. The Morgan fingerprint density at radius 1 is 1.53 bits per heavy atom. The van der Waals surface area contributed by atoms with E-state index in [9.17, 15) is 9.90 Å². The molecule has 0 spiro atoms. The fraction of sp³-hybridized carbons (Fsp3) is 0.500. The van der Waals surface area contributed by atoms with E-state index in [1.165, 1.54) is 6.07 Å². The maximum absolute atomic E-state index is 12.4. The predicted octanol–water partition coefficient (Wildman–Crippen LogP) is 2.21. The van der Waals surface area contributed by atoms with Gasteiger partial charge in [0.15, 0.2) is 0 Å². The van der Waals surface area contributed by atoms with Gasteiger partial charge in [-0.05, 0) is 44.6 Å². The van der Waals surface area contributed by atoms with Crippen molar-refractivity contribution in [2.24, 2.45) is 0 Å². The number of carbonyl (C=O) groups is 1. The standard InChI is InChI=1S/C14H19ClN2O2/c1-16-7-3-4-11(9-16)17(2)14(19)12-6-5-10(15)8-13(12)18/h5-6,8,11,18H,3-4,7,9H2,1-2H3. The lowest BCUT2D eigenvalue weighted by Crippen LogP contribution is -2.47. The van der Waals surface area contributed by atoms with Crippen molar-refractivity contribution in [1.82, 2.24) is 9.80 Å². The van der Waals surface area contributed by atoms with Crippen LogP contribution in [-0.2, 0) is 0 Å². The molecule has 1 aliphatic rings. The number of likely N-dealkylation sites (N-methyl/N-ethyl adjacent to an activating group) is 2. The number of piperidine rings is 1. The number of nitrogens with zero attached hydrogens (tertiary/aromatic N) is 2. The second-order valence-corrected chi connectivity index (χ2v) is 5.57. The first-order valence-corrected chi connectivity index (χ1v) is 6.81. The van der Waals surface area contributed by atoms with E-state index in [0.717, 1.165) is 25.9 Å². The number of benzene rings is 1. The molecule has 19 heavy (non-hydrogen) atoms. The highest BCUT2D eigenvalue weighted by Gasteiger charge is 2.26. The number of phenols is 1. The van der Waals surface area contributed by atoms with E-state index in [1.807, 2.05) is 0 Å². The second-order valence-electron chi connectivity index (χ2n) is 5.14. The number of aromatic hydroxyl groups is 1. The zero-order valence-electron chi connectivity index (χ0n) is 11.3. The maximum atomic E-state index is 12.4. The van der Waals surface area contributed by atoms with Crippen molar-refractivity contribution < 1.29 is 9.90 Å². The van der Waals surface area contributed by atoms with Crippen LogP contribution in [0.5, 0.6) is 5.75 Å². The number of likely N-dealkylation sites (tertiary alicyclic amines) is 1. The van der Waals surface area contributed by atoms with Crippen molar-refractivity contribution in [3.8, 4) is 5.75 Å². The molecule has 4 nitrogen and oxygen atoms in total. The zero-order valence-corrected chi connectivity index (χ0v) is 12.0. The molecule has 1 aromatic carbocycles. The highest BCUT2D eigenvalue weighted by Crippen LogP contribution is 2.24. The van der Waals surface area contributed by atoms with Gasteiger partial charge in [-0.2, -0.15) is 0 Å². The van der Waals surface area contributed by atoms with Gasteiger partial charge in [0.2, 0.25) is 0 Å². The summed E-state index contributed by atoms with van der Waals surface area (Å²) in [4.78, 5) is 16.3. The van der Waals surface area contributed by atoms with E-state index in [1.54, 1.807) is 24.1 Å². The molecule has 5 heteroatoms. The van der Waals surface area contributed by atoms with E-state index in [-0.39, 0.29) is 17.7 Å². The third-order valence-corrected chi connectivity index (χ3v) is 3.89. The lowest BCUT2D eigenvalue weighted by molar-refractivity contribution is 0.0641. The summed E-state index contributed by atoms with van der Waals surface area (Å²) in [6, 6.07) is 4.79. The molecule has 0 saturated carbocycles. The Hall–Kier alpha value is -1.26. The highest BCUT2D eigenvalue weighted by atomic mass is 35.5. The van der Waals surface area contributed by atoms with Gasteiger partial charge in [0, 0.05) is 24.7 Å². The Bertz CT molecular complexity index is 479. The molecular weight excluding hydrogens is 264 g/mol. The molecular formula is C14H19ClN2O2. The SMILES string of the molecule is CN1CCCC(N(C)C(=O)c2ccc(Cl)cc2O)C1. The summed E-state index contributed by atoms with van der Waals surface area (Å²) in [7, 11) is 3.85. The predicted molar refractivity (Wildman–Crippen MR) is 75.7 cm³/mol. The molecule has 1 aromatic rings. The number of rotatable bonds is 2. The number of phenolic OH excluding ortho intramolecular Hbond substituents is 1. The van der Waals surface area contributed by atoms with Gasteiger partial charge in [0.05, 0.1) is 5.56 Å². The van der Waals surface area contributed by atoms with Crippen LogP contribution in [0.15, 0.2) is 18.2 Å². The molecule has 1 saturated heterocycles. The average molecular weight is 283 g/mol. The van der Waals surface area contributed by atoms with Gasteiger partial charge in [-0.15, -0.1) is 0 Å². The lowest BCUT2D eigenvalue weighted by atomic mass is 10.0. The first-order chi connectivity index (χ1) is 8.99. The van der Waals surface area contributed by atoms with Crippen LogP contribution in [0, 0.1) is 0 Å². The fourth-order valence-corrected chi connectivity index (χ4v) is 2.66. The molecule has 0 radical (unpaired) electrons. The third kappa shape index (κ3) is 3.19. The zero-order chi connectivity index (χ0) is 14.0. The van der Waals surface area contributed by atoms with Crippen LogP contribution >= 0.6 is 11.6 Å². The number of hydrogen-bond acceptors (Lipinski definition) is 3. The lowest BCUT2D eigenvalue weighted by Gasteiger charge is -2.36. The van der Waals surface area contributed by atoms with Crippen molar-refractivity contribution in [3.05, 3.63) is 28.8 Å². The van der Waals surface area contributed by atoms with Crippen molar-refractivity contribution in [1.29, 1.82) is 0 Å². The fourth-order valence-electron chi connectivity index (χ4n) is 2.50. The summed E-state index contributed by atoms with van der Waals surface area (Å²) < 4.78 is 0. The number of hydrogen-bond donors (Lipinski definition) is 1. The third-order valence-electron chi connectivity index (χ3n) is 3.66. The topological polar surface area (TPSA) is 43.8 Å². The molecule has 0 aliphatic carbocycles. The second kappa shape index (κ2) is 5.80. The van der Waals surface area contributed by atoms with Crippen molar-refractivity contribution in [2.45, 2.75) is 18.9 Å². The van der Waals surface area contributed by atoms with E-state index in [4.69, 9.17) is 11.6 Å². The quantitative estimate of drug-likeness (QED) is 0.904. The largest absolute Gasteiger partial charge is 0.507 e. The summed E-state index contributed by atoms with van der Waals surface area (Å²) >= 11 is 5.78. The van der Waals surface area contributed by atoms with E-state index >= 15 is 0 Å². The minimum Gasteiger partial charge on any atom is -0.507 e. The Kier molecular flexibility index (Phi) is 4.32. The van der Waals surface area contributed by atoms with Crippen LogP contribution in [-0.4, -0.2) is 54.0 Å². The number of amides is 1. The summed E-state index contributed by atoms with van der Waals surface area (Å²) in [5.74, 6) is -0.219. The smallest absolute Gasteiger partial charge is 0.257 e. The minimum atomic E-state index is -0.158. The van der Waals surface area contributed by atoms with Crippen LogP contribution in [0.2, 0.25) is 5.02 Å². The van der Waals surface area contributed by atoms with Crippen molar-refractivity contribution >= 4 is 17.5 Å². The highest BCUT2D eigenvalue weighted by molar-refractivity contribution is 6.30. The molecule has 1 aliphatic heterocycles. The van der Waals surface area contributed by atoms with E-state index < -0.39 is 0 Å². The first-order valence-electron chi connectivity index (χ1n) is 6.43. The van der Waals surface area contributed by atoms with Gasteiger partial charge in [-0.3, -0.25) is 4.79 Å².